The van der Waals surface area contributed by atoms with Crippen LogP contribution in [-0.4, -0.2) is 70.9 Å². The lowest BCUT2D eigenvalue weighted by atomic mass is 10.1. The monoisotopic (exact) mass is 503 g/mol. The molecular formula is C26H29N7O2S. The summed E-state index contributed by atoms with van der Waals surface area (Å²) in [4.78, 5) is 26.7. The van der Waals surface area contributed by atoms with E-state index in [1.54, 1.807) is 24.6 Å². The minimum absolute atomic E-state index is 0.0414. The molecule has 1 amide bonds. The summed E-state index contributed by atoms with van der Waals surface area (Å²) in [7, 11) is 1.55. The van der Waals surface area contributed by atoms with Crippen LogP contribution in [0.5, 0.6) is 0 Å². The lowest BCUT2D eigenvalue weighted by Gasteiger charge is -2.24. The molecule has 3 aromatic rings. The van der Waals surface area contributed by atoms with E-state index in [0.717, 1.165) is 76.5 Å². The molecule has 1 fully saturated rings. The predicted octanol–water partition coefficient (Wildman–Crippen LogP) is 3.97. The van der Waals surface area contributed by atoms with E-state index < -0.39 is 0 Å². The minimum atomic E-state index is 0.0414. The van der Waals surface area contributed by atoms with Gasteiger partial charge in [-0.1, -0.05) is 18.3 Å². The first kappa shape index (κ1) is 24.0. The van der Waals surface area contributed by atoms with Crippen molar-refractivity contribution in [1.82, 2.24) is 25.1 Å². The molecule has 36 heavy (non-hydrogen) atoms. The molecule has 1 saturated heterocycles. The molecule has 0 unspecified atom stereocenters. The Kier molecular flexibility index (Phi) is 7.27. The molecule has 9 nitrogen and oxygen atoms in total. The molecule has 3 aromatic heterocycles. The number of thiazole rings is 1. The summed E-state index contributed by atoms with van der Waals surface area (Å²) in [6, 6.07) is 4.04. The van der Waals surface area contributed by atoms with Crippen molar-refractivity contribution in [2.45, 2.75) is 19.8 Å². The van der Waals surface area contributed by atoms with Crippen molar-refractivity contribution < 1.29 is 9.53 Å². The minimum Gasteiger partial charge on any atom is -0.375 e. The van der Waals surface area contributed by atoms with Crippen molar-refractivity contribution >= 4 is 51.6 Å². The number of rotatable bonds is 7. The first-order chi connectivity index (χ1) is 17.6. The van der Waals surface area contributed by atoms with Gasteiger partial charge >= 0.3 is 0 Å². The number of nitrogens with one attached hydrogen (secondary N) is 2. The maximum atomic E-state index is 12.2. The molecule has 2 aliphatic rings. The lowest BCUT2D eigenvalue weighted by molar-refractivity contribution is -0.134. The molecule has 0 radical (unpaired) electrons. The van der Waals surface area contributed by atoms with E-state index in [4.69, 9.17) is 9.72 Å². The van der Waals surface area contributed by atoms with Crippen molar-refractivity contribution in [3.05, 3.63) is 58.2 Å². The third-order valence-electron chi connectivity index (χ3n) is 6.27. The molecule has 1 aliphatic heterocycles. The van der Waals surface area contributed by atoms with Crippen LogP contribution in [0.2, 0.25) is 0 Å². The summed E-state index contributed by atoms with van der Waals surface area (Å²) in [6.45, 7) is 5.31. The van der Waals surface area contributed by atoms with Crippen molar-refractivity contribution in [3.8, 4) is 0 Å². The summed E-state index contributed by atoms with van der Waals surface area (Å²) < 4.78 is 5.01. The Balaban J connectivity index is 1.31. The number of nitrogens with zero attached hydrogens (tertiary/aromatic N) is 5. The SMILES string of the molecule is CCc1[nH]ncc1C1=Cc2sc(Nc3cc(N4CCCN(C(=O)COC)CC4)ccn3)nc2C=C=C1. The van der Waals surface area contributed by atoms with Crippen LogP contribution >= 0.6 is 11.3 Å². The third-order valence-corrected chi connectivity index (χ3v) is 7.20. The highest BCUT2D eigenvalue weighted by Crippen LogP contribution is 2.33. The number of ether oxygens (including phenoxy) is 1. The molecule has 10 heteroatoms. The molecule has 0 bridgehead atoms. The molecule has 0 spiro atoms. The Labute approximate surface area is 214 Å². The van der Waals surface area contributed by atoms with Crippen LogP contribution < -0.4 is 10.2 Å². The van der Waals surface area contributed by atoms with Crippen molar-refractivity contribution in [3.63, 3.8) is 0 Å². The number of carbonyl (C=O) groups is 1. The Bertz CT molecular complexity index is 1340. The van der Waals surface area contributed by atoms with Crippen LogP contribution in [0.4, 0.5) is 16.6 Å². The van der Waals surface area contributed by atoms with Gasteiger partial charge in [-0.05, 0) is 36.6 Å². The topological polar surface area (TPSA) is 99.3 Å². The molecule has 4 heterocycles. The van der Waals surface area contributed by atoms with Gasteiger partial charge in [0, 0.05) is 68.6 Å². The number of aromatic amines is 1. The molecule has 186 valence electrons. The third kappa shape index (κ3) is 5.26. The molecule has 5 rings (SSSR count). The fourth-order valence-corrected chi connectivity index (χ4v) is 5.32. The number of methoxy groups -OCH3 is 1. The fourth-order valence-electron chi connectivity index (χ4n) is 4.42. The van der Waals surface area contributed by atoms with E-state index in [-0.39, 0.29) is 12.5 Å². The van der Waals surface area contributed by atoms with E-state index in [9.17, 15) is 4.79 Å². The number of anilines is 3. The van der Waals surface area contributed by atoms with Crippen LogP contribution in [0.3, 0.4) is 0 Å². The number of amides is 1. The predicted molar refractivity (Wildman–Crippen MR) is 143 cm³/mol. The number of hydrogen-bond donors (Lipinski definition) is 2. The smallest absolute Gasteiger partial charge is 0.248 e. The summed E-state index contributed by atoms with van der Waals surface area (Å²) in [5.74, 6) is 0.777. The number of allylic oxidation sites excluding steroid dienone is 2. The number of pyridine rings is 1. The van der Waals surface area contributed by atoms with Gasteiger partial charge in [0.15, 0.2) is 5.13 Å². The van der Waals surface area contributed by atoms with Gasteiger partial charge in [-0.2, -0.15) is 5.10 Å². The Morgan fingerprint density at radius 3 is 3.06 bits per heavy atom. The van der Waals surface area contributed by atoms with Gasteiger partial charge in [-0.25, -0.2) is 9.97 Å². The number of hydrogen-bond acceptors (Lipinski definition) is 8. The zero-order valence-corrected chi connectivity index (χ0v) is 21.3. The van der Waals surface area contributed by atoms with Gasteiger partial charge in [0.05, 0.1) is 16.8 Å². The van der Waals surface area contributed by atoms with Gasteiger partial charge in [0.25, 0.3) is 0 Å². The number of aromatic nitrogens is 4. The van der Waals surface area contributed by atoms with Crippen molar-refractivity contribution in [1.29, 1.82) is 0 Å². The zero-order valence-electron chi connectivity index (χ0n) is 20.5. The largest absolute Gasteiger partial charge is 0.375 e. The standard InChI is InChI=1S/C26H29N7O2S/c1-3-21-20(16-28-31-21)18-6-4-7-22-23(14-18)36-26(29-22)30-24-15-19(8-9-27-24)32-10-5-11-33(13-12-32)25(34)17-35-2/h6-9,14-16H,3,5,10-13,17H2,1-2H3,(H,28,31)(H,27,29,30). The fraction of sp³-hybridized carbons (Fsp3) is 0.346. The molecule has 2 N–H and O–H groups in total. The number of carbonyl (C=O) groups excluding carboxylic acids is 1. The second-order valence-corrected chi connectivity index (χ2v) is 9.65. The average Bonchev–Trinajstić information content (AvgIpc) is 3.35. The highest BCUT2D eigenvalue weighted by molar-refractivity contribution is 7.16. The first-order valence-electron chi connectivity index (χ1n) is 12.1. The van der Waals surface area contributed by atoms with E-state index >= 15 is 0 Å². The first-order valence-corrected chi connectivity index (χ1v) is 12.9. The molecule has 0 atom stereocenters. The Morgan fingerprint density at radius 1 is 1.28 bits per heavy atom. The van der Waals surface area contributed by atoms with Gasteiger partial charge in [-0.3, -0.25) is 9.89 Å². The summed E-state index contributed by atoms with van der Waals surface area (Å²) in [5, 5.41) is 11.4. The Morgan fingerprint density at radius 2 is 2.19 bits per heavy atom. The van der Waals surface area contributed by atoms with Crippen molar-refractivity contribution in [2.24, 2.45) is 0 Å². The number of aryl methyl sites for hydroxylation is 1. The van der Waals surface area contributed by atoms with Gasteiger partial charge in [0.1, 0.15) is 12.4 Å². The van der Waals surface area contributed by atoms with Crippen LogP contribution in [0.25, 0.3) is 17.7 Å². The van der Waals surface area contributed by atoms with E-state index in [1.807, 2.05) is 35.4 Å². The van der Waals surface area contributed by atoms with Gasteiger partial charge < -0.3 is 19.9 Å². The quantitative estimate of drug-likeness (QED) is 0.471. The Hall–Kier alpha value is -3.72. The number of fused-ring (bicyclic) bond motifs is 1. The van der Waals surface area contributed by atoms with Crippen molar-refractivity contribution in [2.75, 3.05) is 50.1 Å². The zero-order chi connectivity index (χ0) is 24.9. The lowest BCUT2D eigenvalue weighted by Crippen LogP contribution is -2.37. The molecule has 0 aromatic carbocycles. The van der Waals surface area contributed by atoms with Crippen LogP contribution in [0, 0.1) is 0 Å². The maximum absolute atomic E-state index is 12.2. The molecule has 1 aliphatic carbocycles. The average molecular weight is 504 g/mol. The summed E-state index contributed by atoms with van der Waals surface area (Å²) in [6.07, 6.45) is 11.5. The van der Waals surface area contributed by atoms with E-state index in [0.29, 0.717) is 6.54 Å². The molecular weight excluding hydrogens is 474 g/mol. The normalized spacial score (nSPS) is 15.3. The van der Waals surface area contributed by atoms with Gasteiger partial charge in [0.2, 0.25) is 5.91 Å². The van der Waals surface area contributed by atoms with Crippen LogP contribution in [0.15, 0.2) is 36.3 Å². The van der Waals surface area contributed by atoms with Crippen LogP contribution in [0.1, 0.15) is 35.2 Å². The second-order valence-electron chi connectivity index (χ2n) is 8.62. The van der Waals surface area contributed by atoms with E-state index in [1.165, 1.54) is 0 Å². The summed E-state index contributed by atoms with van der Waals surface area (Å²) in [5.41, 5.74) is 8.44. The second kappa shape index (κ2) is 10.9. The molecule has 0 saturated carbocycles. The maximum Gasteiger partial charge on any atom is 0.248 e. The van der Waals surface area contributed by atoms with Crippen LogP contribution in [-0.2, 0) is 16.0 Å². The highest BCUT2D eigenvalue weighted by Gasteiger charge is 2.20. The summed E-state index contributed by atoms with van der Waals surface area (Å²) >= 11 is 1.58. The number of H-pyrrole nitrogens is 1. The van der Waals surface area contributed by atoms with Gasteiger partial charge in [-0.15, -0.1) is 5.73 Å². The van der Waals surface area contributed by atoms with E-state index in [2.05, 4.69) is 44.1 Å². The highest BCUT2D eigenvalue weighted by atomic mass is 32.1.